The highest BCUT2D eigenvalue weighted by Gasteiger charge is 2.42. The largest absolute Gasteiger partial charge is 0.491 e. The molecule has 2 heteroatoms. The van der Waals surface area contributed by atoms with Gasteiger partial charge in [0.2, 0.25) is 0 Å². The smallest absolute Gasteiger partial charge is 0.119 e. The van der Waals surface area contributed by atoms with Crippen LogP contribution in [0, 0.1) is 17.8 Å². The van der Waals surface area contributed by atoms with Gasteiger partial charge in [0.25, 0.3) is 0 Å². The fraction of sp³-hybridized carbons (Fsp3) is 0.647. The van der Waals surface area contributed by atoms with Crippen LogP contribution in [0.3, 0.4) is 0 Å². The molecule has 0 saturated heterocycles. The Morgan fingerprint density at radius 3 is 2.37 bits per heavy atom. The zero-order valence-electron chi connectivity index (χ0n) is 11.9. The van der Waals surface area contributed by atoms with Crippen LogP contribution in [0.15, 0.2) is 24.3 Å². The van der Waals surface area contributed by atoms with Crippen LogP contribution in [0.1, 0.15) is 51.2 Å². The van der Waals surface area contributed by atoms with Crippen LogP contribution >= 0.6 is 0 Å². The molecule has 0 amide bonds. The summed E-state index contributed by atoms with van der Waals surface area (Å²) in [6.45, 7) is 4.05. The van der Waals surface area contributed by atoms with Crippen LogP contribution < -0.4 is 4.74 Å². The Morgan fingerprint density at radius 1 is 1.11 bits per heavy atom. The van der Waals surface area contributed by atoms with Gasteiger partial charge in [-0.1, -0.05) is 18.6 Å². The second-order valence-electron chi connectivity index (χ2n) is 6.52. The maximum absolute atomic E-state index is 10.6. The molecule has 2 fully saturated rings. The molecule has 0 heterocycles. The quantitative estimate of drug-likeness (QED) is 0.888. The van der Waals surface area contributed by atoms with Gasteiger partial charge in [-0.2, -0.15) is 0 Å². The van der Waals surface area contributed by atoms with Crippen molar-refractivity contribution in [2.24, 2.45) is 17.8 Å². The third-order valence-electron chi connectivity index (χ3n) is 4.79. The van der Waals surface area contributed by atoms with E-state index < -0.39 is 0 Å². The third kappa shape index (κ3) is 2.64. The van der Waals surface area contributed by atoms with Gasteiger partial charge in [0.1, 0.15) is 5.75 Å². The minimum absolute atomic E-state index is 0.196. The number of benzene rings is 1. The van der Waals surface area contributed by atoms with E-state index in [1.165, 1.54) is 25.7 Å². The molecule has 1 N–H and O–H groups in total. The van der Waals surface area contributed by atoms with E-state index in [-0.39, 0.29) is 12.2 Å². The summed E-state index contributed by atoms with van der Waals surface area (Å²) >= 11 is 0. The fourth-order valence-corrected chi connectivity index (χ4v) is 3.94. The first-order chi connectivity index (χ1) is 9.13. The van der Waals surface area contributed by atoms with E-state index >= 15 is 0 Å². The normalized spacial score (nSPS) is 30.8. The molecule has 3 rings (SSSR count). The van der Waals surface area contributed by atoms with E-state index in [1.807, 2.05) is 38.1 Å². The molecule has 2 nitrogen and oxygen atoms in total. The molecule has 0 radical (unpaired) electrons. The SMILES string of the molecule is CC(C)Oc1ccc(C(O)C2CC3CCC2C3)cc1. The van der Waals surface area contributed by atoms with Gasteiger partial charge in [0, 0.05) is 0 Å². The predicted octanol–water partition coefficient (Wildman–Crippen LogP) is 3.94. The molecule has 2 saturated carbocycles. The Labute approximate surface area is 115 Å². The molecule has 0 spiro atoms. The number of hydrogen-bond acceptors (Lipinski definition) is 2. The summed E-state index contributed by atoms with van der Waals surface area (Å²) < 4.78 is 5.64. The van der Waals surface area contributed by atoms with E-state index in [1.54, 1.807) is 0 Å². The van der Waals surface area contributed by atoms with Gasteiger partial charge >= 0.3 is 0 Å². The summed E-state index contributed by atoms with van der Waals surface area (Å²) in [5.74, 6) is 3.01. The molecule has 4 unspecified atom stereocenters. The maximum atomic E-state index is 10.6. The Kier molecular flexibility index (Phi) is 3.53. The van der Waals surface area contributed by atoms with Crippen LogP contribution in [-0.2, 0) is 0 Å². The Hall–Kier alpha value is -1.02. The summed E-state index contributed by atoms with van der Waals surface area (Å²) in [5, 5.41) is 10.6. The van der Waals surface area contributed by atoms with Gasteiger partial charge in [-0.05, 0) is 68.6 Å². The minimum Gasteiger partial charge on any atom is -0.491 e. The molecule has 2 aliphatic carbocycles. The van der Waals surface area contributed by atoms with Gasteiger partial charge in [-0.25, -0.2) is 0 Å². The zero-order valence-corrected chi connectivity index (χ0v) is 11.9. The highest BCUT2D eigenvalue weighted by Crippen LogP contribution is 2.52. The van der Waals surface area contributed by atoms with Crippen molar-refractivity contribution < 1.29 is 9.84 Å². The van der Waals surface area contributed by atoms with E-state index in [9.17, 15) is 5.11 Å². The molecule has 0 aliphatic heterocycles. The first-order valence-electron chi connectivity index (χ1n) is 7.58. The van der Waals surface area contributed by atoms with Crippen molar-refractivity contribution in [3.8, 4) is 5.75 Å². The summed E-state index contributed by atoms with van der Waals surface area (Å²) in [7, 11) is 0. The topological polar surface area (TPSA) is 29.5 Å². The predicted molar refractivity (Wildman–Crippen MR) is 76.1 cm³/mol. The molecule has 2 aliphatic rings. The van der Waals surface area contributed by atoms with Gasteiger partial charge in [-0.3, -0.25) is 0 Å². The monoisotopic (exact) mass is 260 g/mol. The van der Waals surface area contributed by atoms with Crippen LogP contribution in [0.2, 0.25) is 0 Å². The Balaban J connectivity index is 1.68. The second kappa shape index (κ2) is 5.16. The lowest BCUT2D eigenvalue weighted by Gasteiger charge is -2.27. The highest BCUT2D eigenvalue weighted by atomic mass is 16.5. The average Bonchev–Trinajstić information content (AvgIpc) is 3.00. The molecule has 0 aromatic heterocycles. The summed E-state index contributed by atoms with van der Waals surface area (Å²) in [4.78, 5) is 0. The summed E-state index contributed by atoms with van der Waals surface area (Å²) in [6, 6.07) is 8.00. The van der Waals surface area contributed by atoms with Crippen LogP contribution in [0.4, 0.5) is 0 Å². The summed E-state index contributed by atoms with van der Waals surface area (Å²) in [6.07, 6.45) is 5.17. The summed E-state index contributed by atoms with van der Waals surface area (Å²) in [5.41, 5.74) is 1.05. The Bertz CT molecular complexity index is 423. The Morgan fingerprint density at radius 2 is 1.84 bits per heavy atom. The number of aliphatic hydroxyl groups is 1. The van der Waals surface area contributed by atoms with E-state index in [4.69, 9.17) is 4.74 Å². The van der Waals surface area contributed by atoms with Crippen LogP contribution in [0.5, 0.6) is 5.75 Å². The number of fused-ring (bicyclic) bond motifs is 2. The van der Waals surface area contributed by atoms with E-state index in [0.717, 1.165) is 23.1 Å². The molecule has 19 heavy (non-hydrogen) atoms. The van der Waals surface area contributed by atoms with Crippen molar-refractivity contribution in [2.45, 2.75) is 51.7 Å². The first-order valence-corrected chi connectivity index (χ1v) is 7.58. The lowest BCUT2D eigenvalue weighted by atomic mass is 9.82. The van der Waals surface area contributed by atoms with Crippen LogP contribution in [-0.4, -0.2) is 11.2 Å². The number of rotatable bonds is 4. The van der Waals surface area contributed by atoms with E-state index in [2.05, 4.69) is 0 Å². The lowest BCUT2D eigenvalue weighted by Crippen LogP contribution is -2.19. The standard InChI is InChI=1S/C17H24O2/c1-11(2)19-15-7-5-13(6-8-15)17(18)16-10-12-3-4-14(16)9-12/h5-8,11-12,14,16-18H,3-4,9-10H2,1-2H3. The van der Waals surface area contributed by atoms with Crippen molar-refractivity contribution in [1.82, 2.24) is 0 Å². The van der Waals surface area contributed by atoms with Crippen molar-refractivity contribution in [3.05, 3.63) is 29.8 Å². The maximum Gasteiger partial charge on any atom is 0.119 e. The third-order valence-corrected chi connectivity index (χ3v) is 4.79. The molecule has 104 valence electrons. The van der Waals surface area contributed by atoms with Crippen LogP contribution in [0.25, 0.3) is 0 Å². The van der Waals surface area contributed by atoms with Gasteiger partial charge in [0.05, 0.1) is 12.2 Å². The average molecular weight is 260 g/mol. The fourth-order valence-electron chi connectivity index (χ4n) is 3.94. The molecule has 1 aromatic carbocycles. The second-order valence-corrected chi connectivity index (χ2v) is 6.52. The number of ether oxygens (including phenoxy) is 1. The molecule has 1 aromatic rings. The minimum atomic E-state index is -0.289. The lowest BCUT2D eigenvalue weighted by molar-refractivity contribution is 0.0744. The van der Waals surface area contributed by atoms with Gasteiger partial charge in [-0.15, -0.1) is 0 Å². The molecular formula is C17H24O2. The van der Waals surface area contributed by atoms with Crippen molar-refractivity contribution in [3.63, 3.8) is 0 Å². The van der Waals surface area contributed by atoms with Gasteiger partial charge < -0.3 is 9.84 Å². The number of aliphatic hydroxyl groups excluding tert-OH is 1. The van der Waals surface area contributed by atoms with Gasteiger partial charge in [0.15, 0.2) is 0 Å². The molecular weight excluding hydrogens is 236 g/mol. The zero-order chi connectivity index (χ0) is 13.4. The number of hydrogen-bond donors (Lipinski definition) is 1. The first kappa shape index (κ1) is 13.0. The van der Waals surface area contributed by atoms with Crippen molar-refractivity contribution >= 4 is 0 Å². The molecule has 2 bridgehead atoms. The van der Waals surface area contributed by atoms with Crippen molar-refractivity contribution in [2.75, 3.05) is 0 Å². The van der Waals surface area contributed by atoms with E-state index in [0.29, 0.717) is 5.92 Å². The molecule has 4 atom stereocenters. The van der Waals surface area contributed by atoms with Crippen molar-refractivity contribution in [1.29, 1.82) is 0 Å². The highest BCUT2D eigenvalue weighted by molar-refractivity contribution is 5.29.